The number of esters is 1. The average molecular weight is 469 g/mol. The van der Waals surface area contributed by atoms with Crippen molar-refractivity contribution in [2.75, 3.05) is 19.5 Å². The SMILES string of the molecule is COC(=O)c1cccc(CC(C(=O)C2(C)CC2)c2ccc(OC)cc2NC(=O)OC(C)(C)C)n1. The van der Waals surface area contributed by atoms with Gasteiger partial charge in [0.15, 0.2) is 0 Å². The van der Waals surface area contributed by atoms with Gasteiger partial charge in [-0.1, -0.05) is 19.1 Å². The molecule has 1 saturated carbocycles. The van der Waals surface area contributed by atoms with E-state index in [1.165, 1.54) is 14.2 Å². The molecule has 1 amide bonds. The number of rotatable bonds is 8. The molecular weight excluding hydrogens is 436 g/mol. The van der Waals surface area contributed by atoms with Crippen LogP contribution in [0.25, 0.3) is 0 Å². The van der Waals surface area contributed by atoms with Crippen LogP contribution in [0.1, 0.15) is 68.2 Å². The standard InChI is InChI=1S/C26H32N2O6/c1-25(2,3)34-24(31)28-21-15-17(32-5)10-11-18(21)19(22(29)26(4)12-13-26)14-16-8-7-9-20(27-16)23(30)33-6/h7-11,15,19H,12-14H2,1-6H3,(H,28,31). The number of nitrogens with one attached hydrogen (secondary N) is 1. The number of benzene rings is 1. The summed E-state index contributed by atoms with van der Waals surface area (Å²) in [5, 5.41) is 2.79. The van der Waals surface area contributed by atoms with Gasteiger partial charge in [-0.25, -0.2) is 14.6 Å². The molecule has 8 nitrogen and oxygen atoms in total. The van der Waals surface area contributed by atoms with E-state index in [0.717, 1.165) is 12.8 Å². The van der Waals surface area contributed by atoms with Crippen molar-refractivity contribution in [2.24, 2.45) is 5.41 Å². The highest BCUT2D eigenvalue weighted by Gasteiger charge is 2.48. The molecule has 1 fully saturated rings. The van der Waals surface area contributed by atoms with Gasteiger partial charge in [-0.2, -0.15) is 0 Å². The van der Waals surface area contributed by atoms with Crippen molar-refractivity contribution in [1.29, 1.82) is 0 Å². The summed E-state index contributed by atoms with van der Waals surface area (Å²) >= 11 is 0. The number of ketones is 1. The molecule has 1 atom stereocenters. The van der Waals surface area contributed by atoms with E-state index in [9.17, 15) is 14.4 Å². The Morgan fingerprint density at radius 2 is 1.82 bits per heavy atom. The van der Waals surface area contributed by atoms with Gasteiger partial charge in [-0.15, -0.1) is 0 Å². The maximum atomic E-state index is 13.6. The van der Waals surface area contributed by atoms with Crippen molar-refractivity contribution >= 4 is 23.5 Å². The number of pyridine rings is 1. The Hall–Kier alpha value is -3.42. The number of anilines is 1. The van der Waals surface area contributed by atoms with Crippen LogP contribution in [0.3, 0.4) is 0 Å². The van der Waals surface area contributed by atoms with Crippen molar-refractivity contribution in [3.63, 3.8) is 0 Å². The van der Waals surface area contributed by atoms with Gasteiger partial charge in [-0.05, 0) is 57.4 Å². The van der Waals surface area contributed by atoms with Crippen LogP contribution in [-0.2, 0) is 20.7 Å². The van der Waals surface area contributed by atoms with Crippen LogP contribution in [0, 0.1) is 5.41 Å². The first-order chi connectivity index (χ1) is 16.0. The molecule has 0 radical (unpaired) electrons. The molecule has 0 bridgehead atoms. The van der Waals surface area contributed by atoms with Gasteiger partial charge in [0.1, 0.15) is 22.8 Å². The van der Waals surface area contributed by atoms with E-state index in [1.54, 1.807) is 57.2 Å². The fourth-order valence-electron chi connectivity index (χ4n) is 3.71. The highest BCUT2D eigenvalue weighted by Crippen LogP contribution is 2.50. The molecule has 0 saturated heterocycles. The third kappa shape index (κ3) is 6.12. The lowest BCUT2D eigenvalue weighted by molar-refractivity contribution is -0.125. The van der Waals surface area contributed by atoms with Crippen molar-refractivity contribution < 1.29 is 28.6 Å². The molecule has 2 aromatic rings. The maximum absolute atomic E-state index is 13.6. The summed E-state index contributed by atoms with van der Waals surface area (Å²) < 4.78 is 15.5. The summed E-state index contributed by atoms with van der Waals surface area (Å²) in [7, 11) is 2.82. The lowest BCUT2D eigenvalue weighted by atomic mass is 9.82. The summed E-state index contributed by atoms with van der Waals surface area (Å²) in [6.07, 6.45) is 1.25. The third-order valence-electron chi connectivity index (χ3n) is 5.80. The second-order valence-electron chi connectivity index (χ2n) is 9.77. The zero-order valence-electron chi connectivity index (χ0n) is 20.6. The van der Waals surface area contributed by atoms with Gasteiger partial charge in [0.05, 0.1) is 25.8 Å². The first-order valence-corrected chi connectivity index (χ1v) is 11.2. The molecule has 182 valence electrons. The Kier molecular flexibility index (Phi) is 7.29. The van der Waals surface area contributed by atoms with Crippen molar-refractivity contribution in [3.05, 3.63) is 53.3 Å². The Bertz CT molecular complexity index is 1080. The molecule has 1 aromatic heterocycles. The number of hydrogen-bond donors (Lipinski definition) is 1. The topological polar surface area (TPSA) is 104 Å². The molecule has 34 heavy (non-hydrogen) atoms. The zero-order valence-corrected chi connectivity index (χ0v) is 20.6. The number of nitrogens with zero attached hydrogens (tertiary/aromatic N) is 1. The van der Waals surface area contributed by atoms with Gasteiger partial charge in [0.25, 0.3) is 0 Å². The van der Waals surface area contributed by atoms with Crippen LogP contribution in [0.2, 0.25) is 0 Å². The van der Waals surface area contributed by atoms with E-state index in [0.29, 0.717) is 22.7 Å². The van der Waals surface area contributed by atoms with Crippen LogP contribution >= 0.6 is 0 Å². The van der Waals surface area contributed by atoms with Gasteiger partial charge in [0.2, 0.25) is 0 Å². The van der Waals surface area contributed by atoms with Crippen molar-refractivity contribution in [1.82, 2.24) is 4.98 Å². The predicted molar refractivity (Wildman–Crippen MR) is 127 cm³/mol. The molecule has 3 rings (SSSR count). The lowest BCUT2D eigenvalue weighted by Gasteiger charge is -2.24. The van der Waals surface area contributed by atoms with Gasteiger partial charge in [0, 0.05) is 23.6 Å². The monoisotopic (exact) mass is 468 g/mol. The van der Waals surface area contributed by atoms with E-state index in [-0.39, 0.29) is 17.9 Å². The normalized spacial score (nSPS) is 15.1. The Labute approximate surface area is 200 Å². The van der Waals surface area contributed by atoms with Gasteiger partial charge in [-0.3, -0.25) is 10.1 Å². The quantitative estimate of drug-likeness (QED) is 0.549. The maximum Gasteiger partial charge on any atom is 0.412 e. The second-order valence-corrected chi connectivity index (χ2v) is 9.77. The molecule has 1 aliphatic carbocycles. The summed E-state index contributed by atoms with van der Waals surface area (Å²) in [6.45, 7) is 7.28. The first kappa shape index (κ1) is 25.2. The molecule has 1 heterocycles. The number of amides is 1. The number of carbonyl (C=O) groups excluding carboxylic acids is 3. The van der Waals surface area contributed by atoms with Crippen LogP contribution in [0.5, 0.6) is 5.75 Å². The minimum absolute atomic E-state index is 0.0650. The van der Waals surface area contributed by atoms with Crippen LogP contribution in [-0.4, -0.2) is 42.7 Å². The van der Waals surface area contributed by atoms with Crippen LogP contribution in [0.4, 0.5) is 10.5 Å². The molecule has 1 aliphatic rings. The summed E-state index contributed by atoms with van der Waals surface area (Å²) in [5.74, 6) is -0.543. The molecule has 1 aromatic carbocycles. The highest BCUT2D eigenvalue weighted by molar-refractivity contribution is 5.96. The van der Waals surface area contributed by atoms with E-state index in [2.05, 4.69) is 10.3 Å². The predicted octanol–water partition coefficient (Wildman–Crippen LogP) is 4.92. The molecular formula is C26H32N2O6. The van der Waals surface area contributed by atoms with Crippen LogP contribution < -0.4 is 10.1 Å². The molecule has 8 heteroatoms. The van der Waals surface area contributed by atoms with E-state index in [4.69, 9.17) is 14.2 Å². The lowest BCUT2D eigenvalue weighted by Crippen LogP contribution is -2.29. The number of ether oxygens (including phenoxy) is 3. The van der Waals surface area contributed by atoms with Gasteiger partial charge >= 0.3 is 12.1 Å². The van der Waals surface area contributed by atoms with E-state index in [1.807, 2.05) is 6.92 Å². The minimum Gasteiger partial charge on any atom is -0.497 e. The van der Waals surface area contributed by atoms with E-state index < -0.39 is 29.0 Å². The Morgan fingerprint density at radius 1 is 1.12 bits per heavy atom. The first-order valence-electron chi connectivity index (χ1n) is 11.2. The fourth-order valence-corrected chi connectivity index (χ4v) is 3.71. The van der Waals surface area contributed by atoms with Gasteiger partial charge < -0.3 is 14.2 Å². The van der Waals surface area contributed by atoms with Crippen LogP contribution in [0.15, 0.2) is 36.4 Å². The fraction of sp³-hybridized carbons (Fsp3) is 0.462. The number of methoxy groups -OCH3 is 2. The minimum atomic E-state index is -0.682. The average Bonchev–Trinajstić information content (AvgIpc) is 3.54. The Morgan fingerprint density at radius 3 is 2.41 bits per heavy atom. The summed E-state index contributed by atoms with van der Waals surface area (Å²) in [5.41, 5.74) is 0.705. The van der Waals surface area contributed by atoms with Crippen molar-refractivity contribution in [3.8, 4) is 5.75 Å². The third-order valence-corrected chi connectivity index (χ3v) is 5.80. The highest BCUT2D eigenvalue weighted by atomic mass is 16.6. The van der Waals surface area contributed by atoms with E-state index >= 15 is 0 Å². The number of Topliss-reactive ketones (excluding diaryl/α,β-unsaturated/α-hetero) is 1. The number of aromatic nitrogens is 1. The number of carbonyl (C=O) groups is 3. The molecule has 1 N–H and O–H groups in total. The number of hydrogen-bond acceptors (Lipinski definition) is 7. The molecule has 0 aliphatic heterocycles. The summed E-state index contributed by atoms with van der Waals surface area (Å²) in [4.78, 5) is 42.6. The Balaban J connectivity index is 2.02. The zero-order chi connectivity index (χ0) is 25.1. The van der Waals surface area contributed by atoms with Crippen molar-refractivity contribution in [2.45, 2.75) is 58.5 Å². The largest absolute Gasteiger partial charge is 0.497 e. The molecule has 0 spiro atoms. The summed E-state index contributed by atoms with van der Waals surface area (Å²) in [6, 6.07) is 10.3. The molecule has 1 unspecified atom stereocenters. The second kappa shape index (κ2) is 9.83. The smallest absolute Gasteiger partial charge is 0.412 e.